The Labute approximate surface area is 134 Å². The van der Waals surface area contributed by atoms with Crippen LogP contribution in [0, 0.1) is 11.6 Å². The third kappa shape index (κ3) is 4.71. The predicted molar refractivity (Wildman–Crippen MR) is 84.4 cm³/mol. The third-order valence-electron chi connectivity index (χ3n) is 2.67. The molecule has 0 radical (unpaired) electrons. The van der Waals surface area contributed by atoms with Gasteiger partial charge in [-0.3, -0.25) is 9.59 Å². The first-order valence-corrected chi connectivity index (χ1v) is 7.45. The minimum Gasteiger partial charge on any atom is -0.378 e. The molecule has 0 bridgehead atoms. The number of amides is 2. The lowest BCUT2D eigenvalue weighted by atomic mass is 10.2. The summed E-state index contributed by atoms with van der Waals surface area (Å²) in [5.41, 5.74) is 0.971. The van der Waals surface area contributed by atoms with Gasteiger partial charge in [0.25, 0.3) is 0 Å². The maximum atomic E-state index is 13.4. The van der Waals surface area contributed by atoms with E-state index in [1.54, 1.807) is 5.38 Å². The predicted octanol–water partition coefficient (Wildman–Crippen LogP) is 2.95. The Bertz CT molecular complexity index is 748. The molecule has 0 atom stereocenters. The van der Waals surface area contributed by atoms with Crippen LogP contribution in [0.25, 0.3) is 0 Å². The summed E-state index contributed by atoms with van der Waals surface area (Å²) in [6.45, 7) is 2.86. The molecule has 0 fully saturated rings. The second-order valence-corrected chi connectivity index (χ2v) is 5.53. The quantitative estimate of drug-likeness (QED) is 0.781. The molecule has 6 nitrogen and oxygen atoms in total. The number of nitrogens with one attached hydrogen (secondary N) is 3. The molecular weight excluding hydrogens is 326 g/mol. The lowest BCUT2D eigenvalue weighted by molar-refractivity contribution is -0.115. The summed E-state index contributed by atoms with van der Waals surface area (Å²) in [6.07, 6.45) is 0. The monoisotopic (exact) mass is 340 g/mol. The Morgan fingerprint density at radius 2 is 1.70 bits per heavy atom. The molecule has 122 valence electrons. The molecule has 0 aliphatic carbocycles. The number of thiazole rings is 1. The second kappa shape index (κ2) is 7.14. The van der Waals surface area contributed by atoms with Gasteiger partial charge in [-0.2, -0.15) is 0 Å². The zero-order chi connectivity index (χ0) is 17.0. The lowest BCUT2D eigenvalue weighted by Gasteiger charge is -2.12. The molecule has 2 amide bonds. The van der Waals surface area contributed by atoms with E-state index >= 15 is 0 Å². The Kier molecular flexibility index (Phi) is 5.22. The molecule has 9 heteroatoms. The Balaban J connectivity index is 2.12. The van der Waals surface area contributed by atoms with Crippen molar-refractivity contribution in [3.8, 4) is 0 Å². The topological polar surface area (TPSA) is 83.1 Å². The number of carbonyl (C=O) groups excluding carboxylic acids is 2. The average Bonchev–Trinajstić information content (AvgIpc) is 2.87. The second-order valence-electron chi connectivity index (χ2n) is 4.67. The van der Waals surface area contributed by atoms with Crippen molar-refractivity contribution in [3.05, 3.63) is 34.8 Å². The van der Waals surface area contributed by atoms with Crippen LogP contribution in [-0.4, -0.2) is 16.8 Å². The van der Waals surface area contributed by atoms with Crippen molar-refractivity contribution in [1.29, 1.82) is 0 Å². The summed E-state index contributed by atoms with van der Waals surface area (Å²) >= 11 is 1.25. The summed E-state index contributed by atoms with van der Waals surface area (Å²) < 4.78 is 26.7. The highest BCUT2D eigenvalue weighted by Gasteiger charge is 2.12. The van der Waals surface area contributed by atoms with Crippen LogP contribution in [0.1, 0.15) is 19.5 Å². The van der Waals surface area contributed by atoms with Gasteiger partial charge in [-0.15, -0.1) is 11.3 Å². The van der Waals surface area contributed by atoms with E-state index in [1.807, 2.05) is 0 Å². The van der Waals surface area contributed by atoms with Crippen molar-refractivity contribution in [2.75, 3.05) is 16.0 Å². The number of hydrogen-bond donors (Lipinski definition) is 3. The first kappa shape index (κ1) is 16.8. The zero-order valence-corrected chi connectivity index (χ0v) is 13.2. The summed E-state index contributed by atoms with van der Waals surface area (Å²) in [4.78, 5) is 26.2. The van der Waals surface area contributed by atoms with E-state index in [-0.39, 0.29) is 23.8 Å². The van der Waals surface area contributed by atoms with Crippen molar-refractivity contribution in [3.63, 3.8) is 0 Å². The maximum Gasteiger partial charge on any atom is 0.223 e. The molecule has 1 heterocycles. The number of anilines is 3. The van der Waals surface area contributed by atoms with Gasteiger partial charge >= 0.3 is 0 Å². The van der Waals surface area contributed by atoms with E-state index in [9.17, 15) is 18.4 Å². The van der Waals surface area contributed by atoms with Gasteiger partial charge in [-0.25, -0.2) is 13.8 Å². The normalized spacial score (nSPS) is 10.3. The van der Waals surface area contributed by atoms with E-state index in [0.717, 1.165) is 12.1 Å². The summed E-state index contributed by atoms with van der Waals surface area (Å²) in [5.74, 6) is -2.72. The van der Waals surface area contributed by atoms with Crippen LogP contribution in [0.15, 0.2) is 17.5 Å². The van der Waals surface area contributed by atoms with Crippen molar-refractivity contribution in [2.45, 2.75) is 20.4 Å². The first-order chi connectivity index (χ1) is 10.8. The van der Waals surface area contributed by atoms with Crippen LogP contribution in [0.2, 0.25) is 0 Å². The first-order valence-electron chi connectivity index (χ1n) is 6.57. The van der Waals surface area contributed by atoms with Gasteiger partial charge in [-0.05, 0) is 0 Å². The number of carbonyl (C=O) groups is 2. The lowest BCUT2D eigenvalue weighted by Crippen LogP contribution is -2.11. The molecule has 2 aromatic rings. The van der Waals surface area contributed by atoms with E-state index in [1.165, 1.54) is 25.2 Å². The molecule has 23 heavy (non-hydrogen) atoms. The molecule has 0 aliphatic rings. The standard InChI is InChI=1S/C14H14F2N4O2S/c1-7(21)18-13-4-11(16)10(15)3-12(13)17-5-9-6-23-14(20-9)19-8(2)22/h3-4,6,17H,5H2,1-2H3,(H,18,21)(H,19,20,22). The van der Waals surface area contributed by atoms with Crippen molar-refractivity contribution >= 4 is 39.7 Å². The average molecular weight is 340 g/mol. The van der Waals surface area contributed by atoms with Crippen molar-refractivity contribution in [2.24, 2.45) is 0 Å². The summed E-state index contributed by atoms with van der Waals surface area (Å²) in [7, 11) is 0. The highest BCUT2D eigenvalue weighted by atomic mass is 32.1. The van der Waals surface area contributed by atoms with Gasteiger partial charge in [0.1, 0.15) is 0 Å². The Morgan fingerprint density at radius 3 is 2.30 bits per heavy atom. The van der Waals surface area contributed by atoms with Gasteiger partial charge in [0.15, 0.2) is 16.8 Å². The van der Waals surface area contributed by atoms with Crippen LogP contribution in [0.4, 0.5) is 25.3 Å². The van der Waals surface area contributed by atoms with Crippen LogP contribution in [-0.2, 0) is 16.1 Å². The highest BCUT2D eigenvalue weighted by Crippen LogP contribution is 2.26. The molecule has 1 aromatic heterocycles. The molecule has 0 saturated heterocycles. The van der Waals surface area contributed by atoms with E-state index in [0.29, 0.717) is 10.8 Å². The summed E-state index contributed by atoms with van der Waals surface area (Å²) in [6, 6.07) is 1.87. The van der Waals surface area contributed by atoms with Crippen LogP contribution in [0.3, 0.4) is 0 Å². The van der Waals surface area contributed by atoms with Crippen LogP contribution < -0.4 is 16.0 Å². The maximum absolute atomic E-state index is 13.4. The Morgan fingerprint density at radius 1 is 1.09 bits per heavy atom. The molecule has 0 spiro atoms. The van der Waals surface area contributed by atoms with E-state index in [2.05, 4.69) is 20.9 Å². The largest absolute Gasteiger partial charge is 0.378 e. The molecule has 0 aliphatic heterocycles. The SMILES string of the molecule is CC(=O)Nc1nc(CNc2cc(F)c(F)cc2NC(C)=O)cs1. The smallest absolute Gasteiger partial charge is 0.223 e. The minimum absolute atomic E-state index is 0.133. The van der Waals surface area contributed by atoms with Gasteiger partial charge < -0.3 is 16.0 Å². The van der Waals surface area contributed by atoms with Crippen LogP contribution >= 0.6 is 11.3 Å². The number of hydrogen-bond acceptors (Lipinski definition) is 5. The fraction of sp³-hybridized carbons (Fsp3) is 0.214. The van der Waals surface area contributed by atoms with E-state index in [4.69, 9.17) is 0 Å². The summed E-state index contributed by atoms with van der Waals surface area (Å²) in [5, 5.41) is 10.0. The molecule has 0 saturated carbocycles. The number of halogens is 2. The van der Waals surface area contributed by atoms with Crippen molar-refractivity contribution < 1.29 is 18.4 Å². The molecule has 0 unspecified atom stereocenters. The fourth-order valence-corrected chi connectivity index (χ4v) is 2.52. The number of nitrogens with zero attached hydrogens (tertiary/aromatic N) is 1. The minimum atomic E-state index is -1.05. The van der Waals surface area contributed by atoms with Gasteiger partial charge in [0.05, 0.1) is 23.6 Å². The zero-order valence-electron chi connectivity index (χ0n) is 12.4. The fourth-order valence-electron chi connectivity index (χ4n) is 1.77. The molecule has 2 rings (SSSR count). The van der Waals surface area contributed by atoms with E-state index < -0.39 is 17.5 Å². The highest BCUT2D eigenvalue weighted by molar-refractivity contribution is 7.13. The van der Waals surface area contributed by atoms with Crippen molar-refractivity contribution in [1.82, 2.24) is 4.98 Å². The number of benzene rings is 1. The third-order valence-corrected chi connectivity index (χ3v) is 3.47. The Hall–Kier alpha value is -2.55. The molecular formula is C14H14F2N4O2S. The number of aromatic nitrogens is 1. The van der Waals surface area contributed by atoms with Gasteiger partial charge in [-0.1, -0.05) is 0 Å². The molecule has 1 aromatic carbocycles. The number of rotatable bonds is 5. The molecule has 3 N–H and O–H groups in total. The van der Waals surface area contributed by atoms with Gasteiger partial charge in [0.2, 0.25) is 11.8 Å². The van der Waals surface area contributed by atoms with Gasteiger partial charge in [0, 0.05) is 31.4 Å². The van der Waals surface area contributed by atoms with Crippen LogP contribution in [0.5, 0.6) is 0 Å².